The maximum Gasteiger partial charge on any atom is 0.227 e. The number of nitrogens with zero attached hydrogens (tertiary/aromatic N) is 1. The van der Waals surface area contributed by atoms with E-state index in [1.807, 2.05) is 24.3 Å². The fourth-order valence-corrected chi connectivity index (χ4v) is 4.16. The van der Waals surface area contributed by atoms with Gasteiger partial charge < -0.3 is 5.32 Å². The summed E-state index contributed by atoms with van der Waals surface area (Å²) in [6.07, 6.45) is 1.60. The molecule has 1 heterocycles. The summed E-state index contributed by atoms with van der Waals surface area (Å²) in [4.78, 5) is 28.3. The second-order valence-corrected chi connectivity index (χ2v) is 8.35. The number of benzene rings is 3. The fourth-order valence-electron chi connectivity index (χ4n) is 3.99. The molecule has 1 N–H and O–H groups in total. The molecule has 3 aromatic rings. The Morgan fingerprint density at radius 2 is 1.55 bits per heavy atom. The standard InChI is InChI=1S/C26H25ClN2O2/c27-22-11-12-24(23(17-22)25(30)20-9-5-2-6-10-20)28-26(31)21-13-15-29(16-14-21)18-19-7-3-1-4-8-19/h1-12,17,21H,13-16,18H2,(H,28,31). The lowest BCUT2D eigenvalue weighted by Crippen LogP contribution is -2.37. The lowest BCUT2D eigenvalue weighted by molar-refractivity contribution is -0.121. The quantitative estimate of drug-likeness (QED) is 0.529. The number of hydrogen-bond acceptors (Lipinski definition) is 3. The lowest BCUT2D eigenvalue weighted by Gasteiger charge is -2.31. The van der Waals surface area contributed by atoms with Crippen LogP contribution in [0.15, 0.2) is 78.9 Å². The van der Waals surface area contributed by atoms with Crippen LogP contribution in [-0.2, 0) is 11.3 Å². The van der Waals surface area contributed by atoms with E-state index < -0.39 is 0 Å². The van der Waals surface area contributed by atoms with Crippen LogP contribution in [0.3, 0.4) is 0 Å². The minimum absolute atomic E-state index is 0.0382. The molecule has 1 amide bonds. The van der Waals surface area contributed by atoms with Gasteiger partial charge in [-0.05, 0) is 49.7 Å². The number of hydrogen-bond donors (Lipinski definition) is 1. The molecule has 1 aliphatic rings. The third-order valence-corrected chi connectivity index (χ3v) is 5.96. The van der Waals surface area contributed by atoms with E-state index in [0.717, 1.165) is 32.5 Å². The van der Waals surface area contributed by atoms with Gasteiger partial charge in [-0.1, -0.05) is 72.3 Å². The zero-order valence-electron chi connectivity index (χ0n) is 17.3. The molecule has 3 aromatic carbocycles. The van der Waals surface area contributed by atoms with Gasteiger partial charge >= 0.3 is 0 Å². The topological polar surface area (TPSA) is 49.4 Å². The third kappa shape index (κ3) is 5.40. The summed E-state index contributed by atoms with van der Waals surface area (Å²) in [7, 11) is 0. The van der Waals surface area contributed by atoms with Gasteiger partial charge in [0.2, 0.25) is 5.91 Å². The summed E-state index contributed by atoms with van der Waals surface area (Å²) in [6, 6.07) is 24.4. The summed E-state index contributed by atoms with van der Waals surface area (Å²) < 4.78 is 0. The van der Waals surface area contributed by atoms with Gasteiger partial charge in [-0.15, -0.1) is 0 Å². The molecule has 0 aromatic heterocycles. The van der Waals surface area contributed by atoms with Crippen molar-refractivity contribution in [3.8, 4) is 0 Å². The number of carbonyl (C=O) groups excluding carboxylic acids is 2. The Kier molecular flexibility index (Phi) is 6.80. The van der Waals surface area contributed by atoms with Crippen molar-refractivity contribution in [2.24, 2.45) is 5.92 Å². The van der Waals surface area contributed by atoms with Crippen LogP contribution < -0.4 is 5.32 Å². The molecule has 1 saturated heterocycles. The number of rotatable bonds is 6. The van der Waals surface area contributed by atoms with Crippen molar-refractivity contribution in [2.75, 3.05) is 18.4 Å². The number of carbonyl (C=O) groups is 2. The zero-order chi connectivity index (χ0) is 21.6. The molecule has 0 aliphatic carbocycles. The number of anilines is 1. The van der Waals surface area contributed by atoms with Crippen LogP contribution in [0.25, 0.3) is 0 Å². The molecular weight excluding hydrogens is 408 g/mol. The maximum absolute atomic E-state index is 13.0. The molecule has 0 spiro atoms. The van der Waals surface area contributed by atoms with Crippen LogP contribution in [0, 0.1) is 5.92 Å². The normalized spacial score (nSPS) is 14.9. The second-order valence-electron chi connectivity index (χ2n) is 7.91. The molecule has 4 nitrogen and oxygen atoms in total. The number of nitrogens with one attached hydrogen (secondary N) is 1. The van der Waals surface area contributed by atoms with Gasteiger partial charge in [0.15, 0.2) is 5.78 Å². The smallest absolute Gasteiger partial charge is 0.227 e. The van der Waals surface area contributed by atoms with Gasteiger partial charge in [-0.25, -0.2) is 0 Å². The molecule has 0 atom stereocenters. The van der Waals surface area contributed by atoms with Gasteiger partial charge in [0, 0.05) is 28.6 Å². The highest BCUT2D eigenvalue weighted by molar-refractivity contribution is 6.31. The van der Waals surface area contributed by atoms with Crippen LogP contribution in [0.1, 0.15) is 34.3 Å². The molecule has 31 heavy (non-hydrogen) atoms. The van der Waals surface area contributed by atoms with E-state index >= 15 is 0 Å². The van der Waals surface area contributed by atoms with Crippen LogP contribution in [0.2, 0.25) is 5.02 Å². The first-order chi connectivity index (χ1) is 15.1. The first-order valence-electron chi connectivity index (χ1n) is 10.6. The van der Waals surface area contributed by atoms with Crippen LogP contribution in [0.5, 0.6) is 0 Å². The van der Waals surface area contributed by atoms with E-state index in [-0.39, 0.29) is 17.6 Å². The van der Waals surface area contributed by atoms with Crippen LogP contribution >= 0.6 is 11.6 Å². The lowest BCUT2D eigenvalue weighted by atomic mass is 9.95. The summed E-state index contributed by atoms with van der Waals surface area (Å²) >= 11 is 6.15. The Hall–Kier alpha value is -2.95. The molecule has 0 bridgehead atoms. The summed E-state index contributed by atoms with van der Waals surface area (Å²) in [5.41, 5.74) is 2.77. The predicted molar refractivity (Wildman–Crippen MR) is 124 cm³/mol. The molecule has 5 heteroatoms. The Balaban J connectivity index is 1.41. The van der Waals surface area contributed by atoms with E-state index in [1.165, 1.54) is 5.56 Å². The highest BCUT2D eigenvalue weighted by Crippen LogP contribution is 2.26. The van der Waals surface area contributed by atoms with Gasteiger partial charge in [-0.2, -0.15) is 0 Å². The van der Waals surface area contributed by atoms with Crippen LogP contribution in [0.4, 0.5) is 5.69 Å². The zero-order valence-corrected chi connectivity index (χ0v) is 18.0. The molecule has 0 radical (unpaired) electrons. The van der Waals surface area contributed by atoms with Crippen LogP contribution in [-0.4, -0.2) is 29.7 Å². The molecule has 4 rings (SSSR count). The van der Waals surface area contributed by atoms with E-state index in [9.17, 15) is 9.59 Å². The van der Waals surface area contributed by atoms with E-state index in [4.69, 9.17) is 11.6 Å². The first-order valence-corrected chi connectivity index (χ1v) is 10.9. The van der Waals surface area contributed by atoms with Gasteiger partial charge in [0.25, 0.3) is 0 Å². The average molecular weight is 433 g/mol. The minimum atomic E-state index is -0.156. The number of piperidine rings is 1. The maximum atomic E-state index is 13.0. The summed E-state index contributed by atoms with van der Waals surface area (Å²) in [6.45, 7) is 2.66. The van der Waals surface area contributed by atoms with Crippen molar-refractivity contribution >= 4 is 29.0 Å². The fraction of sp³-hybridized carbons (Fsp3) is 0.231. The third-order valence-electron chi connectivity index (χ3n) is 5.73. The minimum Gasteiger partial charge on any atom is -0.325 e. The second kappa shape index (κ2) is 9.90. The molecular formula is C26H25ClN2O2. The van der Waals surface area contributed by atoms with Gasteiger partial charge in [0.05, 0.1) is 5.69 Å². The number of amides is 1. The van der Waals surface area contributed by atoms with Crippen molar-refractivity contribution < 1.29 is 9.59 Å². The van der Waals surface area contributed by atoms with Crippen molar-refractivity contribution in [1.29, 1.82) is 0 Å². The molecule has 1 aliphatic heterocycles. The van der Waals surface area contributed by atoms with Crippen molar-refractivity contribution in [3.05, 3.63) is 101 Å². The highest BCUT2D eigenvalue weighted by atomic mass is 35.5. The van der Waals surface area contributed by atoms with Gasteiger partial charge in [0.1, 0.15) is 0 Å². The van der Waals surface area contributed by atoms with Crippen molar-refractivity contribution in [3.63, 3.8) is 0 Å². The number of ketones is 1. The van der Waals surface area contributed by atoms with E-state index in [2.05, 4.69) is 34.5 Å². The van der Waals surface area contributed by atoms with Crippen molar-refractivity contribution in [2.45, 2.75) is 19.4 Å². The Bertz CT molecular complexity index is 1050. The molecule has 1 fully saturated rings. The monoisotopic (exact) mass is 432 g/mol. The largest absolute Gasteiger partial charge is 0.325 e. The summed E-state index contributed by atoms with van der Waals surface area (Å²) in [5, 5.41) is 3.45. The Morgan fingerprint density at radius 3 is 2.23 bits per heavy atom. The Labute approximate surface area is 187 Å². The molecule has 158 valence electrons. The SMILES string of the molecule is O=C(c1ccccc1)c1cc(Cl)ccc1NC(=O)C1CCN(Cc2ccccc2)CC1. The number of halogens is 1. The average Bonchev–Trinajstić information content (AvgIpc) is 2.81. The summed E-state index contributed by atoms with van der Waals surface area (Å²) in [5.74, 6) is -0.262. The molecule has 0 unspecified atom stereocenters. The number of likely N-dealkylation sites (tertiary alicyclic amines) is 1. The predicted octanol–water partition coefficient (Wildman–Crippen LogP) is 5.42. The first kappa shape index (κ1) is 21.3. The molecule has 0 saturated carbocycles. The highest BCUT2D eigenvalue weighted by Gasteiger charge is 2.26. The van der Waals surface area contributed by atoms with Crippen molar-refractivity contribution in [1.82, 2.24) is 4.90 Å². The van der Waals surface area contributed by atoms with E-state index in [0.29, 0.717) is 21.8 Å². The van der Waals surface area contributed by atoms with E-state index in [1.54, 1.807) is 30.3 Å². The Morgan fingerprint density at radius 1 is 0.903 bits per heavy atom. The van der Waals surface area contributed by atoms with Gasteiger partial charge in [-0.3, -0.25) is 14.5 Å².